The lowest BCUT2D eigenvalue weighted by atomic mass is 10.3. The molecule has 5 nitrogen and oxygen atoms in total. The van der Waals surface area contributed by atoms with Gasteiger partial charge in [0.25, 0.3) is 0 Å². The lowest BCUT2D eigenvalue weighted by Crippen LogP contribution is -2.21. The van der Waals surface area contributed by atoms with E-state index in [1.54, 1.807) is 13.2 Å². The molecule has 1 aromatic rings. The molecule has 80 valence electrons. The number of hydrogen-bond acceptors (Lipinski definition) is 5. The van der Waals surface area contributed by atoms with Crippen molar-refractivity contribution in [2.24, 2.45) is 0 Å². The Balaban J connectivity index is 2.38. The third-order valence-corrected chi connectivity index (χ3v) is 2.53. The van der Waals surface area contributed by atoms with Gasteiger partial charge in [-0.2, -0.15) is 5.26 Å². The predicted molar refractivity (Wildman–Crippen MR) is 65.8 cm³/mol. The zero-order chi connectivity index (χ0) is 11.5. The van der Waals surface area contributed by atoms with Crippen molar-refractivity contribution in [2.45, 2.75) is 0 Å². The summed E-state index contributed by atoms with van der Waals surface area (Å²) in [6, 6.07) is 5.75. The summed E-state index contributed by atoms with van der Waals surface area (Å²) in [4.78, 5) is 4.52. The predicted octanol–water partition coefficient (Wildman–Crippen LogP) is 1.20. The molecule has 0 aliphatic carbocycles. The summed E-state index contributed by atoms with van der Waals surface area (Å²) in [5, 5.41) is 17.9. The summed E-state index contributed by atoms with van der Waals surface area (Å²) in [5.41, 5.74) is 1.21. The number of hydrogen-bond donors (Lipinski definition) is 3. The smallest absolute Gasteiger partial charge is 0.155 e. The number of aromatic nitrogens is 1. The molecule has 1 aliphatic heterocycles. The average Bonchev–Trinajstić information content (AvgIpc) is 2.72. The molecular weight excluding hydrogens is 222 g/mol. The molecule has 0 bridgehead atoms. The first kappa shape index (κ1) is 10.4. The Hall–Kier alpha value is -2.13. The van der Waals surface area contributed by atoms with Gasteiger partial charge in [0.1, 0.15) is 22.5 Å². The highest BCUT2D eigenvalue weighted by Crippen LogP contribution is 2.28. The minimum Gasteiger partial charge on any atom is -0.378 e. The van der Waals surface area contributed by atoms with E-state index in [1.165, 1.54) is 0 Å². The monoisotopic (exact) mass is 231 g/mol. The molecule has 1 aliphatic rings. The van der Waals surface area contributed by atoms with Crippen molar-refractivity contribution in [2.75, 3.05) is 17.7 Å². The largest absolute Gasteiger partial charge is 0.378 e. The number of nitriles is 1. The van der Waals surface area contributed by atoms with Crippen LogP contribution in [-0.4, -0.2) is 17.0 Å². The lowest BCUT2D eigenvalue weighted by Gasteiger charge is -2.05. The van der Waals surface area contributed by atoms with Crippen LogP contribution in [-0.2, 0) is 0 Å². The molecule has 0 atom stereocenters. The molecule has 16 heavy (non-hydrogen) atoms. The van der Waals surface area contributed by atoms with Gasteiger partial charge >= 0.3 is 0 Å². The molecule has 0 amide bonds. The Morgan fingerprint density at radius 2 is 2.38 bits per heavy atom. The minimum atomic E-state index is 0.371. The van der Waals surface area contributed by atoms with Crippen LogP contribution in [0.2, 0.25) is 0 Å². The van der Waals surface area contributed by atoms with Crippen LogP contribution in [0.25, 0.3) is 0 Å². The normalized spacial score (nSPS) is 15.2. The number of nitrogens with zero attached hydrogens (tertiary/aromatic N) is 2. The maximum Gasteiger partial charge on any atom is 0.155 e. The van der Waals surface area contributed by atoms with E-state index in [2.05, 4.69) is 27.0 Å². The standard InChI is InChI=1S/C10H9N5S/c1-12-10(16)6(5-11)8-14-7-3-2-4-13-9(7)15-8/h2-4,14H,1H3,(H,12,16)(H,13,15)/b8-6+. The number of thiocarbonyl (C=S) groups is 1. The second-order valence-electron chi connectivity index (χ2n) is 3.09. The van der Waals surface area contributed by atoms with Crippen molar-refractivity contribution in [3.8, 4) is 6.07 Å². The SMILES string of the molecule is CNC(=S)/C(C#N)=C1\Nc2cccnc2N1. The zero-order valence-corrected chi connectivity index (χ0v) is 9.35. The summed E-state index contributed by atoms with van der Waals surface area (Å²) < 4.78 is 0. The lowest BCUT2D eigenvalue weighted by molar-refractivity contribution is 1.20. The van der Waals surface area contributed by atoms with E-state index in [0.29, 0.717) is 22.2 Å². The fourth-order valence-electron chi connectivity index (χ4n) is 1.36. The van der Waals surface area contributed by atoms with Crippen LogP contribution < -0.4 is 16.0 Å². The van der Waals surface area contributed by atoms with Crippen molar-refractivity contribution in [3.63, 3.8) is 0 Å². The Labute approximate surface area is 98.2 Å². The fraction of sp³-hybridized carbons (Fsp3) is 0.100. The van der Waals surface area contributed by atoms with Gasteiger partial charge in [-0.1, -0.05) is 12.2 Å². The fourth-order valence-corrected chi connectivity index (χ4v) is 1.51. The summed E-state index contributed by atoms with van der Waals surface area (Å²) in [7, 11) is 1.68. The highest BCUT2D eigenvalue weighted by atomic mass is 32.1. The molecule has 0 aromatic carbocycles. The van der Waals surface area contributed by atoms with Gasteiger partial charge < -0.3 is 16.0 Å². The van der Waals surface area contributed by atoms with Crippen molar-refractivity contribution in [3.05, 3.63) is 29.7 Å². The average molecular weight is 231 g/mol. The molecule has 0 fully saturated rings. The highest BCUT2D eigenvalue weighted by molar-refractivity contribution is 7.80. The van der Waals surface area contributed by atoms with Gasteiger partial charge in [-0.05, 0) is 12.1 Å². The van der Waals surface area contributed by atoms with E-state index < -0.39 is 0 Å². The molecule has 1 aromatic heterocycles. The molecule has 3 N–H and O–H groups in total. The third-order valence-electron chi connectivity index (χ3n) is 2.13. The maximum absolute atomic E-state index is 9.03. The Morgan fingerprint density at radius 1 is 1.56 bits per heavy atom. The van der Waals surface area contributed by atoms with Crippen molar-refractivity contribution < 1.29 is 0 Å². The van der Waals surface area contributed by atoms with Crippen molar-refractivity contribution >= 4 is 28.7 Å². The molecule has 0 saturated heterocycles. The highest BCUT2D eigenvalue weighted by Gasteiger charge is 2.19. The summed E-state index contributed by atoms with van der Waals surface area (Å²) in [6.07, 6.45) is 1.68. The van der Waals surface area contributed by atoms with Crippen LogP contribution in [0, 0.1) is 11.3 Å². The van der Waals surface area contributed by atoms with Crippen molar-refractivity contribution in [1.82, 2.24) is 10.3 Å². The number of pyridine rings is 1. The van der Waals surface area contributed by atoms with Crippen LogP contribution >= 0.6 is 12.2 Å². The van der Waals surface area contributed by atoms with Crippen molar-refractivity contribution in [1.29, 1.82) is 5.26 Å². The molecule has 2 heterocycles. The second kappa shape index (κ2) is 4.16. The summed E-state index contributed by atoms with van der Waals surface area (Å²) in [6.45, 7) is 0. The molecule has 0 spiro atoms. The third kappa shape index (κ3) is 1.68. The number of nitrogens with one attached hydrogen (secondary N) is 3. The van der Waals surface area contributed by atoms with Gasteiger partial charge in [0.2, 0.25) is 0 Å². The topological polar surface area (TPSA) is 72.8 Å². The molecular formula is C10H9N5S. The number of fused-ring (bicyclic) bond motifs is 1. The first-order valence-corrected chi connectivity index (χ1v) is 5.02. The van der Waals surface area contributed by atoms with E-state index in [1.807, 2.05) is 12.1 Å². The molecule has 6 heteroatoms. The minimum absolute atomic E-state index is 0.371. The second-order valence-corrected chi connectivity index (χ2v) is 3.50. The number of likely N-dealkylation sites (N-methyl/N-ethyl adjacent to an activating group) is 1. The van der Waals surface area contributed by atoms with Gasteiger partial charge in [-0.15, -0.1) is 0 Å². The first-order valence-electron chi connectivity index (χ1n) is 4.61. The van der Waals surface area contributed by atoms with Crippen LogP contribution in [0.15, 0.2) is 29.7 Å². The molecule has 0 unspecified atom stereocenters. The molecule has 0 radical (unpaired) electrons. The number of rotatable bonds is 1. The van der Waals surface area contributed by atoms with Gasteiger partial charge in [0.05, 0.1) is 5.69 Å². The van der Waals surface area contributed by atoms with Crippen LogP contribution in [0.3, 0.4) is 0 Å². The van der Waals surface area contributed by atoms with E-state index in [9.17, 15) is 0 Å². The van der Waals surface area contributed by atoms with Gasteiger partial charge in [0.15, 0.2) is 5.82 Å². The van der Waals surface area contributed by atoms with Gasteiger partial charge in [-0.25, -0.2) is 4.98 Å². The Kier molecular flexibility index (Phi) is 2.70. The van der Waals surface area contributed by atoms with Crippen LogP contribution in [0.1, 0.15) is 0 Å². The van der Waals surface area contributed by atoms with E-state index in [-0.39, 0.29) is 0 Å². The van der Waals surface area contributed by atoms with Gasteiger partial charge in [-0.3, -0.25) is 0 Å². The molecule has 2 rings (SSSR count). The maximum atomic E-state index is 9.03. The van der Waals surface area contributed by atoms with Gasteiger partial charge in [0, 0.05) is 13.2 Å². The Bertz CT molecular complexity index is 487. The van der Waals surface area contributed by atoms with Crippen LogP contribution in [0.5, 0.6) is 0 Å². The first-order chi connectivity index (χ1) is 7.76. The summed E-state index contributed by atoms with van der Waals surface area (Å²) >= 11 is 5.03. The summed E-state index contributed by atoms with van der Waals surface area (Å²) in [5.74, 6) is 1.26. The van der Waals surface area contributed by atoms with Crippen LogP contribution in [0.4, 0.5) is 11.5 Å². The van der Waals surface area contributed by atoms with E-state index >= 15 is 0 Å². The van der Waals surface area contributed by atoms with E-state index in [4.69, 9.17) is 17.5 Å². The quantitative estimate of drug-likeness (QED) is 0.383. The zero-order valence-electron chi connectivity index (χ0n) is 8.53. The molecule has 0 saturated carbocycles. The Morgan fingerprint density at radius 3 is 3.00 bits per heavy atom. The van der Waals surface area contributed by atoms with E-state index in [0.717, 1.165) is 5.69 Å². The number of anilines is 2.